The van der Waals surface area contributed by atoms with Gasteiger partial charge in [-0.25, -0.2) is 0 Å². The lowest BCUT2D eigenvalue weighted by atomic mass is 10.2. The average molecular weight is 203 g/mol. The molecule has 0 fully saturated rings. The number of nitrogens with zero attached hydrogens (tertiary/aromatic N) is 1. The average Bonchev–Trinajstić information content (AvgIpc) is 2.26. The predicted molar refractivity (Wildman–Crippen MR) is 57.9 cm³/mol. The summed E-state index contributed by atoms with van der Waals surface area (Å²) in [5.74, 6) is -0.339. The largest absolute Gasteiger partial charge is 0.278 e. The van der Waals surface area contributed by atoms with Crippen LogP contribution in [0.3, 0.4) is 0 Å². The van der Waals surface area contributed by atoms with Gasteiger partial charge in [0.1, 0.15) is 0 Å². The minimum absolute atomic E-state index is 0.288. The topological polar surface area (TPSA) is 37.4 Å². The summed E-state index contributed by atoms with van der Waals surface area (Å²) >= 11 is 0. The first kappa shape index (κ1) is 11.2. The van der Waals surface area contributed by atoms with E-state index in [1.54, 1.807) is 6.92 Å². The van der Waals surface area contributed by atoms with Crippen molar-refractivity contribution in [3.8, 4) is 0 Å². The van der Waals surface area contributed by atoms with Crippen LogP contribution in [0.4, 0.5) is 0 Å². The van der Waals surface area contributed by atoms with Crippen LogP contribution in [0, 0.1) is 0 Å². The van der Waals surface area contributed by atoms with E-state index in [2.05, 4.69) is 6.58 Å². The third-order valence-electron chi connectivity index (χ3n) is 1.95. The Balaban J connectivity index is 2.74. The molecule has 0 saturated carbocycles. The molecule has 3 heteroatoms. The fraction of sp³-hybridized carbons (Fsp3) is 0.167. The van der Waals surface area contributed by atoms with Gasteiger partial charge in [-0.15, -0.1) is 0 Å². The number of amides is 2. The van der Waals surface area contributed by atoms with Crippen molar-refractivity contribution in [1.82, 2.24) is 4.90 Å². The second kappa shape index (κ2) is 5.10. The van der Waals surface area contributed by atoms with Crippen LogP contribution in [0.25, 0.3) is 0 Å². The van der Waals surface area contributed by atoms with E-state index in [-0.39, 0.29) is 12.5 Å². The number of hydrogen-bond acceptors (Lipinski definition) is 2. The Morgan fingerprint density at radius 1 is 1.40 bits per heavy atom. The molecule has 0 aliphatic carbocycles. The quantitative estimate of drug-likeness (QED) is 0.552. The summed E-state index contributed by atoms with van der Waals surface area (Å²) in [6.45, 7) is 5.39. The highest BCUT2D eigenvalue weighted by Crippen LogP contribution is 2.05. The molecule has 2 amide bonds. The van der Waals surface area contributed by atoms with Crippen molar-refractivity contribution >= 4 is 12.3 Å². The van der Waals surface area contributed by atoms with Gasteiger partial charge in [0.2, 0.25) is 6.41 Å². The maximum absolute atomic E-state index is 11.5. The molecule has 15 heavy (non-hydrogen) atoms. The van der Waals surface area contributed by atoms with Gasteiger partial charge in [-0.2, -0.15) is 0 Å². The standard InChI is InChI=1S/C12H13NO2/c1-10(2)12(15)13(9-14)8-11-6-4-3-5-7-11/h3-7,9H,1,8H2,2H3. The summed E-state index contributed by atoms with van der Waals surface area (Å²) < 4.78 is 0. The minimum atomic E-state index is -0.339. The van der Waals surface area contributed by atoms with Crippen LogP contribution < -0.4 is 0 Å². The summed E-state index contributed by atoms with van der Waals surface area (Å²) in [6.07, 6.45) is 0.532. The lowest BCUT2D eigenvalue weighted by molar-refractivity contribution is -0.135. The van der Waals surface area contributed by atoms with Gasteiger partial charge in [0.25, 0.3) is 5.91 Å². The Morgan fingerprint density at radius 2 is 2.00 bits per heavy atom. The molecule has 1 aromatic carbocycles. The molecule has 0 spiro atoms. The van der Waals surface area contributed by atoms with E-state index in [0.29, 0.717) is 12.0 Å². The van der Waals surface area contributed by atoms with Gasteiger partial charge in [0.15, 0.2) is 0 Å². The monoisotopic (exact) mass is 203 g/mol. The smallest absolute Gasteiger partial charge is 0.255 e. The van der Waals surface area contributed by atoms with E-state index < -0.39 is 0 Å². The van der Waals surface area contributed by atoms with E-state index in [4.69, 9.17) is 0 Å². The Morgan fingerprint density at radius 3 is 2.47 bits per heavy atom. The normalized spacial score (nSPS) is 9.40. The summed E-state index contributed by atoms with van der Waals surface area (Å²) in [4.78, 5) is 23.3. The Labute approximate surface area is 89.0 Å². The number of carbonyl (C=O) groups is 2. The molecule has 1 rings (SSSR count). The molecular weight excluding hydrogens is 190 g/mol. The Bertz CT molecular complexity index is 370. The SMILES string of the molecule is C=C(C)C(=O)N(C=O)Cc1ccccc1. The zero-order valence-corrected chi connectivity index (χ0v) is 8.64. The van der Waals surface area contributed by atoms with Gasteiger partial charge in [-0.05, 0) is 12.5 Å². The van der Waals surface area contributed by atoms with Crippen LogP contribution in [0.5, 0.6) is 0 Å². The van der Waals surface area contributed by atoms with Crippen molar-refractivity contribution in [2.24, 2.45) is 0 Å². The molecule has 0 unspecified atom stereocenters. The van der Waals surface area contributed by atoms with Crippen molar-refractivity contribution in [3.05, 3.63) is 48.0 Å². The Hall–Kier alpha value is -1.90. The van der Waals surface area contributed by atoms with Gasteiger partial charge in [-0.3, -0.25) is 14.5 Å². The second-order valence-electron chi connectivity index (χ2n) is 3.30. The first-order valence-electron chi connectivity index (χ1n) is 4.61. The van der Waals surface area contributed by atoms with Crippen molar-refractivity contribution in [3.63, 3.8) is 0 Å². The molecular formula is C12H13NO2. The number of carbonyl (C=O) groups excluding carboxylic acids is 2. The third-order valence-corrected chi connectivity index (χ3v) is 1.95. The summed E-state index contributed by atoms with van der Waals surface area (Å²) in [5.41, 5.74) is 1.28. The van der Waals surface area contributed by atoms with Crippen LogP contribution in [-0.4, -0.2) is 17.2 Å². The molecule has 0 N–H and O–H groups in total. The molecule has 0 saturated heterocycles. The van der Waals surface area contributed by atoms with E-state index in [1.165, 1.54) is 0 Å². The number of rotatable bonds is 4. The summed E-state index contributed by atoms with van der Waals surface area (Å²) in [6, 6.07) is 9.34. The van der Waals surface area contributed by atoms with Gasteiger partial charge in [-0.1, -0.05) is 36.9 Å². The highest BCUT2D eigenvalue weighted by atomic mass is 16.2. The third kappa shape index (κ3) is 3.06. The molecule has 0 atom stereocenters. The second-order valence-corrected chi connectivity index (χ2v) is 3.30. The highest BCUT2D eigenvalue weighted by Gasteiger charge is 2.12. The predicted octanol–water partition coefficient (Wildman–Crippen LogP) is 1.75. The van der Waals surface area contributed by atoms with Crippen LogP contribution in [0.1, 0.15) is 12.5 Å². The van der Waals surface area contributed by atoms with Crippen LogP contribution >= 0.6 is 0 Å². The lowest BCUT2D eigenvalue weighted by Gasteiger charge is -2.15. The van der Waals surface area contributed by atoms with Gasteiger partial charge in [0, 0.05) is 5.57 Å². The molecule has 0 radical (unpaired) electrons. The van der Waals surface area contributed by atoms with E-state index in [9.17, 15) is 9.59 Å². The van der Waals surface area contributed by atoms with Crippen LogP contribution in [0.15, 0.2) is 42.5 Å². The van der Waals surface area contributed by atoms with Crippen molar-refractivity contribution in [2.75, 3.05) is 0 Å². The van der Waals surface area contributed by atoms with Crippen molar-refractivity contribution in [2.45, 2.75) is 13.5 Å². The molecule has 0 aliphatic heterocycles. The van der Waals surface area contributed by atoms with E-state index in [0.717, 1.165) is 10.5 Å². The van der Waals surface area contributed by atoms with E-state index in [1.807, 2.05) is 30.3 Å². The summed E-state index contributed by atoms with van der Waals surface area (Å²) in [7, 11) is 0. The van der Waals surface area contributed by atoms with Gasteiger partial charge in [0.05, 0.1) is 6.54 Å². The van der Waals surface area contributed by atoms with Crippen LogP contribution in [0.2, 0.25) is 0 Å². The Kier molecular flexibility index (Phi) is 3.80. The number of hydrogen-bond donors (Lipinski definition) is 0. The van der Waals surface area contributed by atoms with Gasteiger partial charge < -0.3 is 0 Å². The lowest BCUT2D eigenvalue weighted by Crippen LogP contribution is -2.29. The molecule has 1 aromatic rings. The van der Waals surface area contributed by atoms with Crippen molar-refractivity contribution in [1.29, 1.82) is 0 Å². The maximum Gasteiger partial charge on any atom is 0.255 e. The maximum atomic E-state index is 11.5. The fourth-order valence-corrected chi connectivity index (χ4v) is 1.18. The molecule has 0 heterocycles. The van der Waals surface area contributed by atoms with Crippen LogP contribution in [-0.2, 0) is 16.1 Å². The fourth-order valence-electron chi connectivity index (χ4n) is 1.18. The van der Waals surface area contributed by atoms with E-state index >= 15 is 0 Å². The minimum Gasteiger partial charge on any atom is -0.278 e. The number of imide groups is 1. The first-order chi connectivity index (χ1) is 7.15. The zero-order valence-electron chi connectivity index (χ0n) is 8.64. The molecule has 0 aliphatic rings. The zero-order chi connectivity index (χ0) is 11.3. The molecule has 78 valence electrons. The summed E-state index contributed by atoms with van der Waals surface area (Å²) in [5, 5.41) is 0. The molecule has 0 aromatic heterocycles. The van der Waals surface area contributed by atoms with Gasteiger partial charge >= 0.3 is 0 Å². The van der Waals surface area contributed by atoms with Crippen molar-refractivity contribution < 1.29 is 9.59 Å². The molecule has 3 nitrogen and oxygen atoms in total. The highest BCUT2D eigenvalue weighted by molar-refractivity contribution is 5.98. The molecule has 0 bridgehead atoms. The first-order valence-corrected chi connectivity index (χ1v) is 4.61. The number of benzene rings is 1.